The quantitative estimate of drug-likeness (QED) is 0.273. The average Bonchev–Trinajstić information content (AvgIpc) is 1.97. The minimum atomic E-state index is -5.95. The van der Waals surface area contributed by atoms with E-state index in [0.29, 0.717) is 0 Å². The Balaban J connectivity index is 5.65. The van der Waals surface area contributed by atoms with Crippen molar-refractivity contribution in [1.82, 2.24) is 0 Å². The zero-order chi connectivity index (χ0) is 12.7. The fraction of sp³-hybridized carbons (Fsp3) is 0.667. The summed E-state index contributed by atoms with van der Waals surface area (Å²) in [6, 6.07) is 0. The van der Waals surface area contributed by atoms with Gasteiger partial charge in [-0.1, -0.05) is 0 Å². The molecular formula is C3H7O10P2-. The zero-order valence-electron chi connectivity index (χ0n) is 6.79. The molecule has 0 spiro atoms. The molecule has 0 saturated carbocycles. The van der Waals surface area contributed by atoms with Gasteiger partial charge in [0.05, 0.1) is 5.97 Å². The molecule has 6 N–H and O–H groups in total. The molecule has 0 aliphatic rings. The van der Waals surface area contributed by atoms with Gasteiger partial charge in [0.2, 0.25) is 11.2 Å². The fourth-order valence-electron chi connectivity index (χ4n) is 0.609. The monoisotopic (exact) mass is 265 g/mol. The van der Waals surface area contributed by atoms with Crippen molar-refractivity contribution >= 4 is 21.2 Å². The Hall–Kier alpha value is -0.310. The van der Waals surface area contributed by atoms with Crippen LogP contribution in [0.4, 0.5) is 0 Å². The van der Waals surface area contributed by atoms with Crippen molar-refractivity contribution in [2.24, 2.45) is 0 Å². The van der Waals surface area contributed by atoms with E-state index < -0.39 is 32.3 Å². The summed E-state index contributed by atoms with van der Waals surface area (Å²) < 4.78 is 20.9. The lowest BCUT2D eigenvalue weighted by Crippen LogP contribution is -2.55. The molecular weight excluding hydrogens is 258 g/mol. The second-order valence-corrected chi connectivity index (χ2v) is 5.96. The third-order valence-electron chi connectivity index (χ3n) is 1.42. The summed E-state index contributed by atoms with van der Waals surface area (Å²) >= 11 is 0. The van der Waals surface area contributed by atoms with Crippen molar-refractivity contribution < 1.29 is 48.8 Å². The highest BCUT2D eigenvalue weighted by Gasteiger charge is 2.59. The van der Waals surface area contributed by atoms with Gasteiger partial charge in [-0.3, -0.25) is 9.13 Å². The summed E-state index contributed by atoms with van der Waals surface area (Å²) in [6.07, 6.45) is 0. The highest BCUT2D eigenvalue weighted by atomic mass is 31.2. The lowest BCUT2D eigenvalue weighted by Gasteiger charge is -2.33. The zero-order valence-corrected chi connectivity index (χ0v) is 8.58. The normalized spacial score (nSPS) is 19.3. The first-order chi connectivity index (χ1) is 6.35. The Morgan fingerprint density at radius 2 is 1.53 bits per heavy atom. The number of carbonyl (C=O) groups excluding carboxylic acids is 1. The third kappa shape index (κ3) is 2.63. The predicted octanol–water partition coefficient (Wildman–Crippen LogP) is -3.90. The Morgan fingerprint density at radius 3 is 1.60 bits per heavy atom. The van der Waals surface area contributed by atoms with Gasteiger partial charge in [-0.05, 0) is 0 Å². The number of hydrogen-bond donors (Lipinski definition) is 6. The van der Waals surface area contributed by atoms with Gasteiger partial charge in [-0.25, -0.2) is 0 Å². The minimum Gasteiger partial charge on any atom is -0.546 e. The largest absolute Gasteiger partial charge is 0.546 e. The number of hydrogen-bond acceptors (Lipinski definition) is 6. The minimum absolute atomic E-state index is 2.90. The van der Waals surface area contributed by atoms with Crippen LogP contribution < -0.4 is 5.11 Å². The maximum atomic E-state index is 10.5. The van der Waals surface area contributed by atoms with Crippen molar-refractivity contribution in [3.05, 3.63) is 0 Å². The second kappa shape index (κ2) is 3.93. The Kier molecular flexibility index (Phi) is 3.85. The van der Waals surface area contributed by atoms with E-state index in [1.54, 1.807) is 0 Å². The fourth-order valence-corrected chi connectivity index (χ4v) is 2.62. The molecule has 0 rings (SSSR count). The van der Waals surface area contributed by atoms with Gasteiger partial charge in [0, 0.05) is 0 Å². The maximum absolute atomic E-state index is 10.5. The lowest BCUT2D eigenvalue weighted by atomic mass is 10.4. The van der Waals surface area contributed by atoms with Crippen molar-refractivity contribution in [3.63, 3.8) is 0 Å². The molecule has 0 aliphatic heterocycles. The van der Waals surface area contributed by atoms with Gasteiger partial charge >= 0.3 is 15.2 Å². The molecule has 0 aromatic carbocycles. The van der Waals surface area contributed by atoms with Crippen molar-refractivity contribution in [2.75, 3.05) is 0 Å². The molecule has 2 atom stereocenters. The van der Waals surface area contributed by atoms with Gasteiger partial charge in [0.15, 0.2) is 0 Å². The van der Waals surface area contributed by atoms with Gasteiger partial charge in [-0.15, -0.1) is 0 Å². The topological polar surface area (TPSA) is 196 Å². The molecule has 0 aromatic heterocycles. The van der Waals surface area contributed by atoms with E-state index in [9.17, 15) is 19.0 Å². The first-order valence-corrected chi connectivity index (χ1v) is 6.37. The SMILES string of the molecule is O=C([O-])C(O)(C(O)P(=O)(O)O)P(=O)(O)O. The molecule has 0 saturated heterocycles. The van der Waals surface area contributed by atoms with E-state index in [1.807, 2.05) is 0 Å². The summed E-state index contributed by atoms with van der Waals surface area (Å²) in [6.45, 7) is 0. The molecule has 90 valence electrons. The second-order valence-electron chi connectivity index (χ2n) is 2.52. The summed E-state index contributed by atoms with van der Waals surface area (Å²) in [5.74, 6) is -6.39. The molecule has 0 radical (unpaired) electrons. The number of carbonyl (C=O) groups is 1. The van der Waals surface area contributed by atoms with Crippen LogP contribution in [0.1, 0.15) is 0 Å². The maximum Gasteiger partial charge on any atom is 0.366 e. The number of carboxylic acid groups (broad SMARTS) is 1. The van der Waals surface area contributed by atoms with Crippen LogP contribution in [0.2, 0.25) is 0 Å². The standard InChI is InChI=1S/C3H8O10P2/c4-1(5)3(7,15(11,12)13)2(6)14(8,9)10/h2,6-7H,(H,4,5)(H2,8,9,10)(H2,11,12,13)/p-1. The predicted molar refractivity (Wildman–Crippen MR) is 40.1 cm³/mol. The molecule has 12 heteroatoms. The summed E-state index contributed by atoms with van der Waals surface area (Å²) in [7, 11) is -11.6. The van der Waals surface area contributed by atoms with Crippen LogP contribution in [0.5, 0.6) is 0 Å². The molecule has 0 bridgehead atoms. The van der Waals surface area contributed by atoms with E-state index >= 15 is 0 Å². The first-order valence-electron chi connectivity index (χ1n) is 3.08. The van der Waals surface area contributed by atoms with Crippen molar-refractivity contribution in [2.45, 2.75) is 11.2 Å². The highest BCUT2D eigenvalue weighted by molar-refractivity contribution is 7.58. The Bertz CT molecular complexity index is 350. The van der Waals surface area contributed by atoms with Crippen LogP contribution in [0.3, 0.4) is 0 Å². The van der Waals surface area contributed by atoms with Crippen LogP contribution >= 0.6 is 15.2 Å². The Morgan fingerprint density at radius 1 is 1.20 bits per heavy atom. The first kappa shape index (κ1) is 14.7. The van der Waals surface area contributed by atoms with Crippen molar-refractivity contribution in [3.8, 4) is 0 Å². The number of rotatable bonds is 4. The van der Waals surface area contributed by atoms with Crippen molar-refractivity contribution in [1.29, 1.82) is 0 Å². The van der Waals surface area contributed by atoms with Crippen LogP contribution in [-0.4, -0.2) is 46.9 Å². The van der Waals surface area contributed by atoms with E-state index in [0.717, 1.165) is 0 Å². The van der Waals surface area contributed by atoms with E-state index in [-0.39, 0.29) is 0 Å². The average molecular weight is 265 g/mol. The number of aliphatic hydroxyl groups is 2. The van der Waals surface area contributed by atoms with E-state index in [2.05, 4.69) is 0 Å². The molecule has 0 aromatic rings. The molecule has 2 unspecified atom stereocenters. The number of carboxylic acids is 1. The molecule has 0 heterocycles. The lowest BCUT2D eigenvalue weighted by molar-refractivity contribution is -0.321. The van der Waals surface area contributed by atoms with Crippen LogP contribution in [-0.2, 0) is 13.9 Å². The van der Waals surface area contributed by atoms with Gasteiger partial charge in [0.25, 0.3) is 0 Å². The van der Waals surface area contributed by atoms with Crippen LogP contribution in [0.15, 0.2) is 0 Å². The molecule has 0 aliphatic carbocycles. The summed E-state index contributed by atoms with van der Waals surface area (Å²) in [5, 5.41) is 23.4. The summed E-state index contributed by atoms with van der Waals surface area (Å²) in [5.41, 5.74) is 0. The van der Waals surface area contributed by atoms with Gasteiger partial charge < -0.3 is 39.7 Å². The van der Waals surface area contributed by atoms with E-state index in [4.69, 9.17) is 29.8 Å². The highest BCUT2D eigenvalue weighted by Crippen LogP contribution is 2.58. The molecule has 0 fully saturated rings. The molecule has 0 amide bonds. The number of aliphatic carboxylic acids is 1. The summed E-state index contributed by atoms with van der Waals surface area (Å²) in [4.78, 5) is 43.6. The molecule has 15 heavy (non-hydrogen) atoms. The van der Waals surface area contributed by atoms with E-state index in [1.165, 1.54) is 0 Å². The van der Waals surface area contributed by atoms with Gasteiger partial charge in [-0.2, -0.15) is 0 Å². The smallest absolute Gasteiger partial charge is 0.366 e. The van der Waals surface area contributed by atoms with Gasteiger partial charge in [0.1, 0.15) is 0 Å². The molecule has 10 nitrogen and oxygen atoms in total. The Labute approximate surface area is 82.1 Å². The van der Waals surface area contributed by atoms with Crippen LogP contribution in [0.25, 0.3) is 0 Å². The third-order valence-corrected chi connectivity index (χ3v) is 3.95. The number of aliphatic hydroxyl groups excluding tert-OH is 1. The van der Waals surface area contributed by atoms with Crippen LogP contribution in [0, 0.1) is 0 Å².